The number of hydrogen-bond acceptors (Lipinski definition) is 2. The molecule has 1 aromatic carbocycles. The standard InChI is InChI=1S/C15H22F3N3O.HI/c1-3-19-14(20-9-8-15(16,17)18)21-10-12-6-4-5-7-13(12)11-22-2;/h4-7H,3,8-11H2,1-2H3,(H2,19,20,21);1H. The summed E-state index contributed by atoms with van der Waals surface area (Å²) >= 11 is 0. The van der Waals surface area contributed by atoms with E-state index in [-0.39, 0.29) is 30.5 Å². The van der Waals surface area contributed by atoms with Crippen molar-refractivity contribution < 1.29 is 17.9 Å². The summed E-state index contributed by atoms with van der Waals surface area (Å²) in [7, 11) is 1.61. The Labute approximate surface area is 151 Å². The highest BCUT2D eigenvalue weighted by atomic mass is 127. The van der Waals surface area contributed by atoms with Gasteiger partial charge < -0.3 is 15.4 Å². The van der Waals surface area contributed by atoms with Crippen LogP contribution >= 0.6 is 24.0 Å². The van der Waals surface area contributed by atoms with Crippen LogP contribution in [0.15, 0.2) is 29.3 Å². The molecule has 0 fully saturated rings. The zero-order valence-corrected chi connectivity index (χ0v) is 15.6. The molecule has 0 saturated carbocycles. The van der Waals surface area contributed by atoms with E-state index in [2.05, 4.69) is 15.6 Å². The van der Waals surface area contributed by atoms with Crippen molar-refractivity contribution in [3.63, 3.8) is 0 Å². The van der Waals surface area contributed by atoms with Crippen molar-refractivity contribution in [1.29, 1.82) is 0 Å². The van der Waals surface area contributed by atoms with E-state index in [4.69, 9.17) is 4.74 Å². The zero-order chi connectivity index (χ0) is 16.4. The van der Waals surface area contributed by atoms with Crippen molar-refractivity contribution in [3.05, 3.63) is 35.4 Å². The molecule has 2 N–H and O–H groups in total. The molecule has 0 radical (unpaired) electrons. The van der Waals surface area contributed by atoms with Gasteiger partial charge in [0.25, 0.3) is 0 Å². The lowest BCUT2D eigenvalue weighted by molar-refractivity contribution is -0.132. The van der Waals surface area contributed by atoms with E-state index in [1.807, 2.05) is 31.2 Å². The maximum atomic E-state index is 12.2. The Morgan fingerprint density at radius 3 is 2.39 bits per heavy atom. The van der Waals surface area contributed by atoms with Gasteiger partial charge in [-0.3, -0.25) is 0 Å². The average Bonchev–Trinajstić information content (AvgIpc) is 2.45. The average molecular weight is 445 g/mol. The number of nitrogens with zero attached hydrogens (tertiary/aromatic N) is 1. The highest BCUT2D eigenvalue weighted by Gasteiger charge is 2.26. The van der Waals surface area contributed by atoms with Crippen molar-refractivity contribution in [1.82, 2.24) is 10.6 Å². The Balaban J connectivity index is 0.00000484. The highest BCUT2D eigenvalue weighted by Crippen LogP contribution is 2.18. The molecule has 0 aliphatic rings. The Bertz CT molecular complexity index is 481. The minimum absolute atomic E-state index is 0. The molecule has 4 nitrogen and oxygen atoms in total. The number of halogens is 4. The molecule has 0 heterocycles. The maximum absolute atomic E-state index is 12.2. The topological polar surface area (TPSA) is 45.7 Å². The van der Waals surface area contributed by atoms with Crippen molar-refractivity contribution in [2.45, 2.75) is 32.7 Å². The molecule has 0 unspecified atom stereocenters. The van der Waals surface area contributed by atoms with Crippen molar-refractivity contribution >= 4 is 29.9 Å². The minimum atomic E-state index is -4.17. The Morgan fingerprint density at radius 2 is 1.83 bits per heavy atom. The van der Waals surface area contributed by atoms with E-state index in [0.29, 0.717) is 25.7 Å². The zero-order valence-electron chi connectivity index (χ0n) is 13.2. The summed E-state index contributed by atoms with van der Waals surface area (Å²) in [4.78, 5) is 4.32. The van der Waals surface area contributed by atoms with Crippen LogP contribution in [0.25, 0.3) is 0 Å². The summed E-state index contributed by atoms with van der Waals surface area (Å²) in [6, 6.07) is 7.68. The van der Waals surface area contributed by atoms with Crippen LogP contribution in [0.4, 0.5) is 13.2 Å². The third-order valence-electron chi connectivity index (χ3n) is 2.87. The van der Waals surface area contributed by atoms with E-state index in [0.717, 1.165) is 11.1 Å². The van der Waals surface area contributed by atoms with Gasteiger partial charge in [-0.15, -0.1) is 24.0 Å². The Morgan fingerprint density at radius 1 is 1.17 bits per heavy atom. The van der Waals surface area contributed by atoms with Crippen molar-refractivity contribution in [2.75, 3.05) is 20.2 Å². The van der Waals surface area contributed by atoms with Crippen LogP contribution in [0.2, 0.25) is 0 Å². The first-order valence-electron chi connectivity index (χ1n) is 7.11. The molecule has 1 rings (SSSR count). The predicted octanol–water partition coefficient (Wildman–Crippen LogP) is 3.46. The van der Waals surface area contributed by atoms with Crippen LogP contribution in [0.3, 0.4) is 0 Å². The molecule has 0 aliphatic heterocycles. The number of methoxy groups -OCH3 is 1. The molecular weight excluding hydrogens is 422 g/mol. The first-order chi connectivity index (χ1) is 10.5. The summed E-state index contributed by atoms with van der Waals surface area (Å²) in [5, 5.41) is 5.62. The van der Waals surface area contributed by atoms with Crippen LogP contribution < -0.4 is 10.6 Å². The largest absolute Gasteiger partial charge is 0.390 e. The van der Waals surface area contributed by atoms with E-state index >= 15 is 0 Å². The van der Waals surface area contributed by atoms with E-state index in [1.54, 1.807) is 7.11 Å². The maximum Gasteiger partial charge on any atom is 0.390 e. The van der Waals surface area contributed by atoms with Gasteiger partial charge in [0, 0.05) is 20.2 Å². The van der Waals surface area contributed by atoms with Gasteiger partial charge >= 0.3 is 6.18 Å². The summed E-state index contributed by atoms with van der Waals surface area (Å²) < 4.78 is 41.6. The summed E-state index contributed by atoms with van der Waals surface area (Å²) in [6.07, 6.45) is -5.06. The van der Waals surface area contributed by atoms with Crippen LogP contribution in [0.5, 0.6) is 0 Å². The number of guanidine groups is 1. The van der Waals surface area contributed by atoms with Crippen molar-refractivity contribution in [2.24, 2.45) is 4.99 Å². The molecule has 0 aromatic heterocycles. The van der Waals surface area contributed by atoms with Crippen LogP contribution in [0, 0.1) is 0 Å². The lowest BCUT2D eigenvalue weighted by Crippen LogP contribution is -2.38. The van der Waals surface area contributed by atoms with Gasteiger partial charge in [0.1, 0.15) is 0 Å². The number of nitrogens with one attached hydrogen (secondary N) is 2. The third-order valence-corrected chi connectivity index (χ3v) is 2.87. The van der Waals surface area contributed by atoms with Crippen molar-refractivity contribution in [3.8, 4) is 0 Å². The van der Waals surface area contributed by atoms with Gasteiger partial charge in [-0.1, -0.05) is 24.3 Å². The lowest BCUT2D eigenvalue weighted by Gasteiger charge is -2.13. The molecule has 23 heavy (non-hydrogen) atoms. The number of benzene rings is 1. The Hall–Kier alpha value is -1.03. The van der Waals surface area contributed by atoms with Gasteiger partial charge in [0.15, 0.2) is 5.96 Å². The number of hydrogen-bond donors (Lipinski definition) is 2. The quantitative estimate of drug-likeness (QED) is 0.384. The number of aliphatic imine (C=N–C) groups is 1. The van der Waals surface area contributed by atoms with Gasteiger partial charge in [-0.25, -0.2) is 4.99 Å². The molecule has 132 valence electrons. The highest BCUT2D eigenvalue weighted by molar-refractivity contribution is 14.0. The SMILES string of the molecule is CCNC(=NCc1ccccc1COC)NCCC(F)(F)F.I. The van der Waals surface area contributed by atoms with Gasteiger partial charge in [-0.2, -0.15) is 13.2 Å². The monoisotopic (exact) mass is 445 g/mol. The van der Waals surface area contributed by atoms with Crippen LogP contribution in [-0.2, 0) is 17.9 Å². The smallest absolute Gasteiger partial charge is 0.380 e. The van der Waals surface area contributed by atoms with E-state index in [1.165, 1.54) is 0 Å². The second-order valence-electron chi connectivity index (χ2n) is 4.69. The van der Waals surface area contributed by atoms with E-state index in [9.17, 15) is 13.2 Å². The predicted molar refractivity (Wildman–Crippen MR) is 96.1 cm³/mol. The molecule has 8 heteroatoms. The fourth-order valence-electron chi connectivity index (χ4n) is 1.84. The minimum Gasteiger partial charge on any atom is -0.380 e. The van der Waals surface area contributed by atoms with Gasteiger partial charge in [-0.05, 0) is 18.1 Å². The normalized spacial score (nSPS) is 11.8. The van der Waals surface area contributed by atoms with E-state index < -0.39 is 12.6 Å². The fourth-order valence-corrected chi connectivity index (χ4v) is 1.84. The number of rotatable bonds is 7. The summed E-state index contributed by atoms with van der Waals surface area (Å²) in [5.74, 6) is 0.374. The fraction of sp³-hybridized carbons (Fsp3) is 0.533. The number of alkyl halides is 3. The van der Waals surface area contributed by atoms with Gasteiger partial charge in [0.05, 0.1) is 19.6 Å². The molecule has 0 aliphatic carbocycles. The second-order valence-corrected chi connectivity index (χ2v) is 4.69. The second kappa shape index (κ2) is 11.5. The molecule has 0 amide bonds. The Kier molecular flexibility index (Phi) is 11.0. The number of ether oxygens (including phenoxy) is 1. The van der Waals surface area contributed by atoms with Crippen LogP contribution in [0.1, 0.15) is 24.5 Å². The first-order valence-corrected chi connectivity index (χ1v) is 7.11. The van der Waals surface area contributed by atoms with Crippen LogP contribution in [-0.4, -0.2) is 32.3 Å². The summed E-state index contributed by atoms with van der Waals surface area (Å²) in [5.41, 5.74) is 2.00. The lowest BCUT2D eigenvalue weighted by atomic mass is 10.1. The summed E-state index contributed by atoms with van der Waals surface area (Å²) in [6.45, 7) is 3.09. The first kappa shape index (κ1) is 22.0. The molecule has 1 aromatic rings. The molecule has 0 atom stereocenters. The third kappa shape index (κ3) is 9.65. The molecular formula is C15H23F3IN3O. The molecule has 0 spiro atoms. The molecule has 0 saturated heterocycles. The molecule has 0 bridgehead atoms. The van der Waals surface area contributed by atoms with Gasteiger partial charge in [0.2, 0.25) is 0 Å².